The van der Waals surface area contributed by atoms with Crippen LogP contribution in [0.5, 0.6) is 0 Å². The number of rotatable bonds is 6. The van der Waals surface area contributed by atoms with Crippen LogP contribution in [0.2, 0.25) is 5.02 Å². The molecule has 1 aromatic carbocycles. The summed E-state index contributed by atoms with van der Waals surface area (Å²) in [7, 11) is 0. The Bertz CT molecular complexity index is 531. The molecule has 0 atom stereocenters. The predicted molar refractivity (Wildman–Crippen MR) is 78.0 cm³/mol. The molecule has 0 spiro atoms. The number of amides is 2. The normalized spacial score (nSPS) is 10.1. The molecule has 0 bridgehead atoms. The van der Waals surface area contributed by atoms with Crippen molar-refractivity contribution in [3.8, 4) is 0 Å². The average Bonchev–Trinajstić information content (AvgIpc) is 2.41. The summed E-state index contributed by atoms with van der Waals surface area (Å²) in [4.78, 5) is 34.4. The molecular formula is C14H17ClN2O4. The van der Waals surface area contributed by atoms with E-state index in [9.17, 15) is 14.4 Å². The van der Waals surface area contributed by atoms with E-state index in [4.69, 9.17) is 16.3 Å². The first-order chi connectivity index (χ1) is 9.88. The number of carbonyl (C=O) groups excluding carboxylic acids is 3. The van der Waals surface area contributed by atoms with Gasteiger partial charge in [0.05, 0.1) is 12.1 Å². The Balaban J connectivity index is 2.33. The number of carbonyl (C=O) groups is 3. The maximum atomic E-state index is 11.6. The summed E-state index contributed by atoms with van der Waals surface area (Å²) < 4.78 is 4.82. The highest BCUT2D eigenvalue weighted by atomic mass is 35.5. The van der Waals surface area contributed by atoms with Gasteiger partial charge in [-0.1, -0.05) is 17.7 Å². The molecule has 1 rings (SSSR count). The second kappa shape index (κ2) is 8.26. The monoisotopic (exact) mass is 312 g/mol. The Hall–Kier alpha value is -2.08. The highest BCUT2D eigenvalue weighted by molar-refractivity contribution is 6.30. The Morgan fingerprint density at radius 1 is 1.24 bits per heavy atom. The van der Waals surface area contributed by atoms with Crippen molar-refractivity contribution < 1.29 is 19.1 Å². The van der Waals surface area contributed by atoms with Gasteiger partial charge in [-0.25, -0.2) is 4.79 Å². The van der Waals surface area contributed by atoms with Gasteiger partial charge in [0.15, 0.2) is 6.61 Å². The number of hydrogen-bond acceptors (Lipinski definition) is 4. The van der Waals surface area contributed by atoms with Gasteiger partial charge in [-0.05, 0) is 32.0 Å². The Morgan fingerprint density at radius 3 is 2.57 bits per heavy atom. The molecule has 114 valence electrons. The van der Waals surface area contributed by atoms with Gasteiger partial charge in [-0.3, -0.25) is 9.59 Å². The molecule has 0 saturated carbocycles. The van der Waals surface area contributed by atoms with Crippen molar-refractivity contribution in [1.82, 2.24) is 10.6 Å². The van der Waals surface area contributed by atoms with E-state index in [1.165, 1.54) is 12.1 Å². The van der Waals surface area contributed by atoms with E-state index in [1.54, 1.807) is 12.1 Å². The Kier molecular flexibility index (Phi) is 6.68. The standard InChI is InChI=1S/C14H17ClN2O4/c1-9(2)17-12(18)7-16-13(19)8-21-14(20)10-4-3-5-11(15)6-10/h3-6,9H,7-8H2,1-2H3,(H,16,19)(H,17,18). The van der Waals surface area contributed by atoms with Crippen LogP contribution >= 0.6 is 11.6 Å². The third-order valence-corrected chi connectivity index (χ3v) is 2.53. The summed E-state index contributed by atoms with van der Waals surface area (Å²) in [6.07, 6.45) is 0. The maximum Gasteiger partial charge on any atom is 0.338 e. The summed E-state index contributed by atoms with van der Waals surface area (Å²) in [5.74, 6) is -1.51. The zero-order valence-electron chi connectivity index (χ0n) is 11.8. The zero-order chi connectivity index (χ0) is 15.8. The van der Waals surface area contributed by atoms with E-state index in [0.29, 0.717) is 5.02 Å². The number of hydrogen-bond donors (Lipinski definition) is 2. The molecule has 6 nitrogen and oxygen atoms in total. The molecule has 1 aromatic rings. The lowest BCUT2D eigenvalue weighted by Gasteiger charge is -2.09. The van der Waals surface area contributed by atoms with E-state index >= 15 is 0 Å². The molecule has 0 unspecified atom stereocenters. The lowest BCUT2D eigenvalue weighted by Crippen LogP contribution is -2.41. The summed E-state index contributed by atoms with van der Waals surface area (Å²) >= 11 is 5.75. The van der Waals surface area contributed by atoms with Gasteiger partial charge < -0.3 is 15.4 Å². The number of nitrogens with one attached hydrogen (secondary N) is 2. The van der Waals surface area contributed by atoms with E-state index in [1.807, 2.05) is 13.8 Å². The smallest absolute Gasteiger partial charge is 0.338 e. The largest absolute Gasteiger partial charge is 0.452 e. The van der Waals surface area contributed by atoms with Gasteiger partial charge in [-0.15, -0.1) is 0 Å². The number of ether oxygens (including phenoxy) is 1. The molecule has 0 saturated heterocycles. The van der Waals surface area contributed by atoms with Crippen molar-refractivity contribution in [2.24, 2.45) is 0 Å². The maximum absolute atomic E-state index is 11.6. The molecule has 21 heavy (non-hydrogen) atoms. The van der Waals surface area contributed by atoms with E-state index < -0.39 is 18.5 Å². The van der Waals surface area contributed by atoms with E-state index in [2.05, 4.69) is 10.6 Å². The van der Waals surface area contributed by atoms with Crippen LogP contribution in [0.15, 0.2) is 24.3 Å². The average molecular weight is 313 g/mol. The molecule has 0 aliphatic rings. The first-order valence-electron chi connectivity index (χ1n) is 6.37. The second-order valence-electron chi connectivity index (χ2n) is 4.59. The molecule has 2 amide bonds. The van der Waals surface area contributed by atoms with Crippen molar-refractivity contribution >= 4 is 29.4 Å². The molecular weight excluding hydrogens is 296 g/mol. The third kappa shape index (κ3) is 6.76. The molecule has 0 fully saturated rings. The fourth-order valence-corrected chi connectivity index (χ4v) is 1.62. The molecule has 0 aliphatic heterocycles. The van der Waals surface area contributed by atoms with Crippen molar-refractivity contribution in [1.29, 1.82) is 0 Å². The van der Waals surface area contributed by atoms with Gasteiger partial charge in [-0.2, -0.15) is 0 Å². The number of esters is 1. The van der Waals surface area contributed by atoms with Gasteiger partial charge >= 0.3 is 5.97 Å². The fraction of sp³-hybridized carbons (Fsp3) is 0.357. The van der Waals surface area contributed by atoms with Crippen molar-refractivity contribution in [3.05, 3.63) is 34.9 Å². The first kappa shape index (κ1) is 17.0. The van der Waals surface area contributed by atoms with Crippen molar-refractivity contribution in [2.75, 3.05) is 13.2 Å². The van der Waals surface area contributed by atoms with Gasteiger partial charge in [0.25, 0.3) is 5.91 Å². The third-order valence-electron chi connectivity index (χ3n) is 2.29. The highest BCUT2D eigenvalue weighted by Crippen LogP contribution is 2.11. The lowest BCUT2D eigenvalue weighted by molar-refractivity contribution is -0.128. The molecule has 0 heterocycles. The SMILES string of the molecule is CC(C)NC(=O)CNC(=O)COC(=O)c1cccc(Cl)c1. The van der Waals surface area contributed by atoms with Crippen LogP contribution < -0.4 is 10.6 Å². The first-order valence-corrected chi connectivity index (χ1v) is 6.75. The molecule has 2 N–H and O–H groups in total. The summed E-state index contributed by atoms with van der Waals surface area (Å²) in [6, 6.07) is 6.20. The quantitative estimate of drug-likeness (QED) is 0.771. The van der Waals surface area contributed by atoms with Crippen LogP contribution in [0, 0.1) is 0 Å². The molecule has 7 heteroatoms. The van der Waals surface area contributed by atoms with Gasteiger partial charge in [0.1, 0.15) is 0 Å². The van der Waals surface area contributed by atoms with Crippen molar-refractivity contribution in [2.45, 2.75) is 19.9 Å². The summed E-state index contributed by atoms with van der Waals surface area (Å²) in [5.41, 5.74) is 0.257. The zero-order valence-corrected chi connectivity index (χ0v) is 12.6. The second-order valence-corrected chi connectivity index (χ2v) is 5.02. The lowest BCUT2D eigenvalue weighted by atomic mass is 10.2. The van der Waals surface area contributed by atoms with Gasteiger partial charge in [0, 0.05) is 11.1 Å². The summed E-state index contributed by atoms with van der Waals surface area (Å²) in [6.45, 7) is 3.00. The molecule has 0 aromatic heterocycles. The molecule has 0 aliphatic carbocycles. The number of halogens is 1. The molecule has 0 radical (unpaired) electrons. The number of benzene rings is 1. The minimum atomic E-state index is -0.653. The predicted octanol–water partition coefficient (Wildman–Crippen LogP) is 1.14. The van der Waals surface area contributed by atoms with Crippen LogP contribution in [0.4, 0.5) is 0 Å². The topological polar surface area (TPSA) is 84.5 Å². The summed E-state index contributed by atoms with van der Waals surface area (Å²) in [5, 5.41) is 5.37. The van der Waals surface area contributed by atoms with Crippen LogP contribution in [-0.2, 0) is 14.3 Å². The van der Waals surface area contributed by atoms with Crippen LogP contribution in [0.25, 0.3) is 0 Å². The Morgan fingerprint density at radius 2 is 1.95 bits per heavy atom. The van der Waals surface area contributed by atoms with Crippen LogP contribution in [-0.4, -0.2) is 37.0 Å². The van der Waals surface area contributed by atoms with E-state index in [-0.39, 0.29) is 24.1 Å². The van der Waals surface area contributed by atoms with Gasteiger partial charge in [0.2, 0.25) is 5.91 Å². The Labute approximate surface area is 127 Å². The highest BCUT2D eigenvalue weighted by Gasteiger charge is 2.11. The van der Waals surface area contributed by atoms with Crippen molar-refractivity contribution in [3.63, 3.8) is 0 Å². The fourth-order valence-electron chi connectivity index (χ4n) is 1.43. The van der Waals surface area contributed by atoms with Crippen LogP contribution in [0.1, 0.15) is 24.2 Å². The minimum Gasteiger partial charge on any atom is -0.452 e. The van der Waals surface area contributed by atoms with E-state index in [0.717, 1.165) is 0 Å². The van der Waals surface area contributed by atoms with Crippen LogP contribution in [0.3, 0.4) is 0 Å². The minimum absolute atomic E-state index is 0.00458.